The number of benzene rings is 1. The molecule has 24 heavy (non-hydrogen) atoms. The average Bonchev–Trinajstić information content (AvgIpc) is 3.04. The van der Waals surface area contributed by atoms with E-state index in [1.807, 2.05) is 24.3 Å². The van der Waals surface area contributed by atoms with Crippen LogP contribution in [0.2, 0.25) is 0 Å². The number of sulfonamides is 1. The third-order valence-corrected chi connectivity index (χ3v) is 5.70. The van der Waals surface area contributed by atoms with E-state index in [9.17, 15) is 8.42 Å². The number of thiazole rings is 1. The highest BCUT2D eigenvalue weighted by Gasteiger charge is 2.16. The minimum absolute atomic E-state index is 0.237. The smallest absolute Gasteiger partial charge is 0.263 e. The number of nitrogens with one attached hydrogen (secondary N) is 1. The van der Waals surface area contributed by atoms with Gasteiger partial charge in [0.25, 0.3) is 10.0 Å². The third-order valence-electron chi connectivity index (χ3n) is 3.46. The molecule has 5 nitrogen and oxygen atoms in total. The second kappa shape index (κ2) is 7.11. The molecule has 0 amide bonds. The molecule has 0 radical (unpaired) electrons. The van der Waals surface area contributed by atoms with Crippen molar-refractivity contribution in [1.29, 1.82) is 0 Å². The van der Waals surface area contributed by atoms with Crippen LogP contribution in [0.25, 0.3) is 11.3 Å². The first-order valence-electron chi connectivity index (χ1n) is 7.56. The molecule has 3 rings (SSSR count). The molecule has 0 unspecified atom stereocenters. The van der Waals surface area contributed by atoms with E-state index in [-0.39, 0.29) is 4.90 Å². The first-order valence-corrected chi connectivity index (χ1v) is 9.92. The van der Waals surface area contributed by atoms with Gasteiger partial charge in [-0.25, -0.2) is 13.4 Å². The molecule has 0 spiro atoms. The van der Waals surface area contributed by atoms with Crippen molar-refractivity contribution in [3.63, 3.8) is 0 Å². The second-order valence-electron chi connectivity index (χ2n) is 5.28. The summed E-state index contributed by atoms with van der Waals surface area (Å²) in [6.07, 6.45) is 5.34. The number of anilines is 1. The van der Waals surface area contributed by atoms with Crippen molar-refractivity contribution in [3.05, 3.63) is 59.7 Å². The van der Waals surface area contributed by atoms with Crippen LogP contribution >= 0.6 is 11.3 Å². The average molecular weight is 359 g/mol. The number of rotatable bonds is 6. The Labute approximate surface area is 145 Å². The molecule has 2 aromatic heterocycles. The fraction of sp³-hybridized carbons (Fsp3) is 0.176. The number of aromatic nitrogens is 2. The van der Waals surface area contributed by atoms with Gasteiger partial charge in [-0.15, -0.1) is 11.3 Å². The van der Waals surface area contributed by atoms with E-state index < -0.39 is 10.0 Å². The molecule has 124 valence electrons. The maximum absolute atomic E-state index is 12.5. The Morgan fingerprint density at radius 2 is 1.96 bits per heavy atom. The van der Waals surface area contributed by atoms with Crippen molar-refractivity contribution in [2.75, 3.05) is 4.72 Å². The van der Waals surface area contributed by atoms with Crippen LogP contribution in [-0.4, -0.2) is 18.4 Å². The first kappa shape index (κ1) is 16.6. The maximum Gasteiger partial charge on any atom is 0.263 e. The molecule has 2 heterocycles. The van der Waals surface area contributed by atoms with Crippen LogP contribution in [0.1, 0.15) is 18.9 Å². The standard InChI is InChI=1S/C17H17N3O2S2/c1-2-4-13-6-8-15(9-7-13)24(21,22)20-17-19-16(12-23-17)14-5-3-10-18-11-14/h3,5-12H,2,4H2,1H3,(H,19,20). The van der Waals surface area contributed by atoms with Crippen molar-refractivity contribution in [2.45, 2.75) is 24.7 Å². The van der Waals surface area contributed by atoms with Gasteiger partial charge >= 0.3 is 0 Å². The zero-order valence-electron chi connectivity index (χ0n) is 13.1. The molecule has 1 N–H and O–H groups in total. The minimum atomic E-state index is -3.63. The predicted octanol–water partition coefficient (Wildman–Crippen LogP) is 3.96. The molecule has 0 saturated heterocycles. The van der Waals surface area contributed by atoms with Gasteiger partial charge in [0.1, 0.15) is 0 Å². The van der Waals surface area contributed by atoms with Gasteiger partial charge < -0.3 is 0 Å². The highest BCUT2D eigenvalue weighted by molar-refractivity contribution is 7.93. The van der Waals surface area contributed by atoms with E-state index in [4.69, 9.17) is 0 Å². The van der Waals surface area contributed by atoms with Gasteiger partial charge in [0.05, 0.1) is 10.6 Å². The van der Waals surface area contributed by atoms with Gasteiger partial charge in [-0.2, -0.15) is 0 Å². The molecule has 0 aliphatic heterocycles. The summed E-state index contributed by atoms with van der Waals surface area (Å²) in [5.41, 5.74) is 2.68. The van der Waals surface area contributed by atoms with Gasteiger partial charge in [-0.3, -0.25) is 9.71 Å². The third kappa shape index (κ3) is 3.80. The SMILES string of the molecule is CCCc1ccc(S(=O)(=O)Nc2nc(-c3cccnc3)cs2)cc1. The summed E-state index contributed by atoms with van der Waals surface area (Å²) in [6, 6.07) is 10.6. The number of nitrogens with zero attached hydrogens (tertiary/aromatic N) is 2. The zero-order valence-corrected chi connectivity index (χ0v) is 14.8. The molecule has 0 atom stereocenters. The van der Waals surface area contributed by atoms with Crippen LogP contribution in [-0.2, 0) is 16.4 Å². The summed E-state index contributed by atoms with van der Waals surface area (Å²) in [6.45, 7) is 2.09. The van der Waals surface area contributed by atoms with Crippen molar-refractivity contribution in [1.82, 2.24) is 9.97 Å². The van der Waals surface area contributed by atoms with Crippen LogP contribution in [0.5, 0.6) is 0 Å². The lowest BCUT2D eigenvalue weighted by atomic mass is 10.1. The van der Waals surface area contributed by atoms with Crippen LogP contribution < -0.4 is 4.72 Å². The molecule has 3 aromatic rings. The summed E-state index contributed by atoms with van der Waals surface area (Å²) < 4.78 is 27.5. The van der Waals surface area contributed by atoms with Crippen LogP contribution in [0.4, 0.5) is 5.13 Å². The lowest BCUT2D eigenvalue weighted by molar-refractivity contribution is 0.601. The van der Waals surface area contributed by atoms with E-state index >= 15 is 0 Å². The largest absolute Gasteiger partial charge is 0.264 e. The molecule has 0 saturated carbocycles. The summed E-state index contributed by atoms with van der Waals surface area (Å²) in [5.74, 6) is 0. The summed E-state index contributed by atoms with van der Waals surface area (Å²) in [4.78, 5) is 8.60. The van der Waals surface area contributed by atoms with Crippen molar-refractivity contribution < 1.29 is 8.42 Å². The van der Waals surface area contributed by atoms with Crippen LogP contribution in [0.3, 0.4) is 0 Å². The van der Waals surface area contributed by atoms with Gasteiger partial charge in [0.2, 0.25) is 0 Å². The van der Waals surface area contributed by atoms with Crippen LogP contribution in [0, 0.1) is 0 Å². The summed E-state index contributed by atoms with van der Waals surface area (Å²) in [5, 5.41) is 2.14. The predicted molar refractivity (Wildman–Crippen MR) is 96.6 cm³/mol. The lowest BCUT2D eigenvalue weighted by Gasteiger charge is -2.06. The van der Waals surface area contributed by atoms with E-state index in [0.29, 0.717) is 10.8 Å². The zero-order chi connectivity index (χ0) is 17.0. The monoisotopic (exact) mass is 359 g/mol. The molecule has 0 aliphatic carbocycles. The Morgan fingerprint density at radius 3 is 2.62 bits per heavy atom. The maximum atomic E-state index is 12.5. The van der Waals surface area contributed by atoms with Crippen molar-refractivity contribution in [2.24, 2.45) is 0 Å². The highest BCUT2D eigenvalue weighted by Crippen LogP contribution is 2.26. The Morgan fingerprint density at radius 1 is 1.17 bits per heavy atom. The lowest BCUT2D eigenvalue weighted by Crippen LogP contribution is -2.12. The number of hydrogen-bond acceptors (Lipinski definition) is 5. The highest BCUT2D eigenvalue weighted by atomic mass is 32.2. The number of pyridine rings is 1. The molecule has 0 fully saturated rings. The molecule has 1 aromatic carbocycles. The van der Waals surface area contributed by atoms with E-state index in [1.54, 1.807) is 29.9 Å². The quantitative estimate of drug-likeness (QED) is 0.723. The van der Waals surface area contributed by atoms with Crippen molar-refractivity contribution in [3.8, 4) is 11.3 Å². The normalized spacial score (nSPS) is 11.4. The Kier molecular flexibility index (Phi) is 4.92. The van der Waals surface area contributed by atoms with E-state index in [0.717, 1.165) is 24.0 Å². The van der Waals surface area contributed by atoms with Gasteiger partial charge in [-0.05, 0) is 36.2 Å². The molecular weight excluding hydrogens is 342 g/mol. The fourth-order valence-electron chi connectivity index (χ4n) is 2.27. The molecular formula is C17H17N3O2S2. The fourth-order valence-corrected chi connectivity index (χ4v) is 4.24. The van der Waals surface area contributed by atoms with E-state index in [1.165, 1.54) is 11.3 Å². The van der Waals surface area contributed by atoms with Gasteiger partial charge in [0, 0.05) is 23.3 Å². The molecule has 0 bridgehead atoms. The Balaban J connectivity index is 1.78. The van der Waals surface area contributed by atoms with Crippen molar-refractivity contribution >= 4 is 26.5 Å². The van der Waals surface area contributed by atoms with Gasteiger partial charge in [0.15, 0.2) is 5.13 Å². The number of hydrogen-bond donors (Lipinski definition) is 1. The first-order chi connectivity index (χ1) is 11.6. The topological polar surface area (TPSA) is 72.0 Å². The van der Waals surface area contributed by atoms with Gasteiger partial charge in [-0.1, -0.05) is 25.5 Å². The summed E-state index contributed by atoms with van der Waals surface area (Å²) in [7, 11) is -3.63. The number of aryl methyl sites for hydroxylation is 1. The van der Waals surface area contributed by atoms with E-state index in [2.05, 4.69) is 21.6 Å². The van der Waals surface area contributed by atoms with Crippen LogP contribution in [0.15, 0.2) is 59.1 Å². The Bertz CT molecular complexity index is 905. The second-order valence-corrected chi connectivity index (χ2v) is 7.82. The minimum Gasteiger partial charge on any atom is -0.264 e. The molecule has 7 heteroatoms. The molecule has 0 aliphatic rings. The summed E-state index contributed by atoms with van der Waals surface area (Å²) >= 11 is 1.25. The Hall–Kier alpha value is -2.25.